The van der Waals surface area contributed by atoms with Crippen LogP contribution in [0.3, 0.4) is 0 Å². The summed E-state index contributed by atoms with van der Waals surface area (Å²) in [5, 5.41) is 12.3. The van der Waals surface area contributed by atoms with E-state index in [0.29, 0.717) is 57.2 Å². The maximum atomic E-state index is 14.5. The smallest absolute Gasteiger partial charge is 0.313 e. The number of unbranched alkanes of at least 4 members (excludes halogenated alkanes) is 2. The zero-order valence-electron chi connectivity index (χ0n) is 28.9. The molecule has 7 atom stereocenters. The molecule has 0 saturated carbocycles. The fraction of sp³-hybridized carbons (Fsp3) is 0.622. The highest BCUT2D eigenvalue weighted by Gasteiger charge is 2.75. The second-order valence-corrected chi connectivity index (χ2v) is 14.0. The number of hydrogen-bond donors (Lipinski definition) is 2. The number of amides is 3. The van der Waals surface area contributed by atoms with Gasteiger partial charge < -0.3 is 34.4 Å². The molecule has 264 valence electrons. The number of aliphatic hydroxyl groups excluding tert-OH is 1. The minimum Gasteiger partial charge on any atom is -0.455 e. The van der Waals surface area contributed by atoms with Gasteiger partial charge in [0.2, 0.25) is 17.7 Å². The first-order valence-electron chi connectivity index (χ1n) is 17.1. The second-order valence-electron chi connectivity index (χ2n) is 14.0. The first kappa shape index (κ1) is 37.3. The molecule has 11 nitrogen and oxygen atoms in total. The van der Waals surface area contributed by atoms with Crippen molar-refractivity contribution in [1.82, 2.24) is 15.1 Å². The maximum absolute atomic E-state index is 14.5. The highest BCUT2D eigenvalue weighted by atomic mass is 16.6. The molecule has 48 heavy (non-hydrogen) atoms. The van der Waals surface area contributed by atoms with Crippen molar-refractivity contribution >= 4 is 23.7 Å². The van der Waals surface area contributed by atoms with Crippen LogP contribution in [-0.4, -0.2) is 101 Å². The lowest BCUT2D eigenvalue weighted by Gasteiger charge is -2.42. The van der Waals surface area contributed by atoms with Crippen LogP contribution in [0.2, 0.25) is 0 Å². The van der Waals surface area contributed by atoms with Gasteiger partial charge in [-0.2, -0.15) is 0 Å². The van der Waals surface area contributed by atoms with E-state index in [-0.39, 0.29) is 37.4 Å². The predicted molar refractivity (Wildman–Crippen MR) is 180 cm³/mol. The topological polar surface area (TPSA) is 135 Å². The number of carbonyl (C=O) groups excluding carboxylic acids is 4. The number of nitrogens with zero attached hydrogens (tertiary/aromatic N) is 2. The van der Waals surface area contributed by atoms with Gasteiger partial charge in [-0.1, -0.05) is 42.5 Å². The number of aliphatic hydroxyl groups is 1. The van der Waals surface area contributed by atoms with Gasteiger partial charge >= 0.3 is 5.97 Å². The highest BCUT2D eigenvalue weighted by Crippen LogP contribution is 2.59. The Hall–Kier alpha value is -3.54. The van der Waals surface area contributed by atoms with Crippen LogP contribution in [-0.2, 0) is 33.4 Å². The van der Waals surface area contributed by atoms with E-state index in [1.165, 1.54) is 7.11 Å². The summed E-state index contributed by atoms with van der Waals surface area (Å²) in [6.45, 7) is 14.1. The van der Waals surface area contributed by atoms with Gasteiger partial charge in [-0.3, -0.25) is 19.2 Å². The number of nitrogens with one attached hydrogen (secondary N) is 1. The molecule has 1 aromatic carbocycles. The summed E-state index contributed by atoms with van der Waals surface area (Å²) in [6, 6.07) is 7.51. The lowest BCUT2D eigenvalue weighted by molar-refractivity contribution is -0.163. The molecule has 3 saturated heterocycles. The number of fused-ring (bicyclic) bond motifs is 1. The van der Waals surface area contributed by atoms with Crippen molar-refractivity contribution in [3.05, 3.63) is 61.2 Å². The predicted octanol–water partition coefficient (Wildman–Crippen LogP) is 3.72. The fourth-order valence-electron chi connectivity index (χ4n) is 7.61. The summed E-state index contributed by atoms with van der Waals surface area (Å²) in [4.78, 5) is 59.5. The van der Waals surface area contributed by atoms with Crippen LogP contribution in [0.4, 0.5) is 0 Å². The van der Waals surface area contributed by atoms with Crippen molar-refractivity contribution in [1.29, 1.82) is 0 Å². The number of carbonyl (C=O) groups is 4. The van der Waals surface area contributed by atoms with Crippen molar-refractivity contribution in [3.8, 4) is 0 Å². The van der Waals surface area contributed by atoms with Gasteiger partial charge in [-0.25, -0.2) is 0 Å². The van der Waals surface area contributed by atoms with E-state index >= 15 is 0 Å². The van der Waals surface area contributed by atoms with Gasteiger partial charge in [-0.15, -0.1) is 13.2 Å². The first-order chi connectivity index (χ1) is 22.9. The van der Waals surface area contributed by atoms with Crippen LogP contribution in [0.25, 0.3) is 0 Å². The molecule has 3 aliphatic heterocycles. The molecule has 0 radical (unpaired) electrons. The largest absolute Gasteiger partial charge is 0.455 e. The fourth-order valence-corrected chi connectivity index (χ4v) is 7.61. The first-order valence-corrected chi connectivity index (χ1v) is 17.1. The Labute approximate surface area is 284 Å². The monoisotopic (exact) mass is 667 g/mol. The lowest BCUT2D eigenvalue weighted by Crippen LogP contribution is -2.59. The summed E-state index contributed by atoms with van der Waals surface area (Å²) >= 11 is 0. The average Bonchev–Trinajstić information content (AvgIpc) is 3.70. The summed E-state index contributed by atoms with van der Waals surface area (Å²) in [7, 11) is 1.51. The Morgan fingerprint density at radius 2 is 1.90 bits per heavy atom. The molecular weight excluding hydrogens is 614 g/mol. The third kappa shape index (κ3) is 7.68. The summed E-state index contributed by atoms with van der Waals surface area (Å²) in [5.74, 6) is -3.21. The number of methoxy groups -OCH3 is 1. The SMILES string of the molecule is C=CCCC(=O)N[C@@H](COC)[C@@H](OC(=O)[C@@H]1[C@H]2C(=O)N(CCCCCO)[C@H](C(=O)N(CC=C)C(C)(C)C)[C@]23CC[C@H]1O3)c1ccccc1. The van der Waals surface area contributed by atoms with E-state index < -0.39 is 53.2 Å². The molecule has 2 bridgehead atoms. The quantitative estimate of drug-likeness (QED) is 0.138. The van der Waals surface area contributed by atoms with Crippen molar-refractivity contribution in [2.24, 2.45) is 11.8 Å². The Morgan fingerprint density at radius 3 is 2.52 bits per heavy atom. The van der Waals surface area contributed by atoms with Gasteiger partial charge in [0.1, 0.15) is 17.7 Å². The van der Waals surface area contributed by atoms with Gasteiger partial charge in [0.05, 0.1) is 30.6 Å². The van der Waals surface area contributed by atoms with Crippen molar-refractivity contribution in [2.45, 2.75) is 101 Å². The summed E-state index contributed by atoms with van der Waals surface area (Å²) in [5.41, 5.74) is -1.08. The van der Waals surface area contributed by atoms with Crippen molar-refractivity contribution in [2.75, 3.05) is 33.4 Å². The number of rotatable bonds is 18. The Balaban J connectivity index is 1.69. The van der Waals surface area contributed by atoms with Crippen LogP contribution in [0, 0.1) is 11.8 Å². The van der Waals surface area contributed by atoms with E-state index in [1.807, 2.05) is 51.1 Å². The maximum Gasteiger partial charge on any atom is 0.313 e. The molecule has 0 aliphatic carbocycles. The number of benzene rings is 1. The van der Waals surface area contributed by atoms with E-state index in [4.69, 9.17) is 14.2 Å². The third-order valence-electron chi connectivity index (χ3n) is 9.76. The number of hydrogen-bond acceptors (Lipinski definition) is 8. The van der Waals surface area contributed by atoms with Crippen LogP contribution < -0.4 is 5.32 Å². The lowest BCUT2D eigenvalue weighted by atomic mass is 9.70. The Morgan fingerprint density at radius 1 is 1.17 bits per heavy atom. The Kier molecular flexibility index (Phi) is 12.6. The van der Waals surface area contributed by atoms with Crippen LogP contribution >= 0.6 is 0 Å². The molecule has 3 amide bonds. The number of ether oxygens (including phenoxy) is 3. The highest BCUT2D eigenvalue weighted by molar-refractivity contribution is 5.98. The van der Waals surface area contributed by atoms with Crippen LogP contribution in [0.1, 0.15) is 77.4 Å². The van der Waals surface area contributed by atoms with E-state index in [2.05, 4.69) is 18.5 Å². The molecule has 11 heteroatoms. The van der Waals surface area contributed by atoms with E-state index in [0.717, 1.165) is 0 Å². The standard InChI is InChI=1S/C37H53N3O8/c1-7-9-18-28(42)38-26(24-46-6)31(25-16-12-10-13-17-25)47-35(45)29-27-19-20-37(48-27)30(29)33(43)39(22-14-11-15-23-41)32(37)34(44)40(21-8-2)36(3,4)5/h7-8,10,12-13,16-17,26-27,29-32,41H,1-2,9,11,14-15,18-24H2,3-6H3,(H,38,42)/t26-,27+,29-,30-,31-,32+,37-/m0/s1. The van der Waals surface area contributed by atoms with Crippen molar-refractivity contribution in [3.63, 3.8) is 0 Å². The molecule has 2 N–H and O–H groups in total. The van der Waals surface area contributed by atoms with Gasteiger partial charge in [0.25, 0.3) is 0 Å². The minimum atomic E-state index is -1.18. The van der Waals surface area contributed by atoms with E-state index in [9.17, 15) is 24.3 Å². The minimum absolute atomic E-state index is 0.0417. The zero-order chi connectivity index (χ0) is 35.1. The van der Waals surface area contributed by atoms with Gasteiger partial charge in [0, 0.05) is 38.8 Å². The number of esters is 1. The van der Waals surface area contributed by atoms with Crippen LogP contribution in [0.15, 0.2) is 55.6 Å². The van der Waals surface area contributed by atoms with E-state index in [1.54, 1.807) is 22.0 Å². The zero-order valence-corrected chi connectivity index (χ0v) is 28.9. The number of allylic oxidation sites excluding steroid dienone is 1. The average molecular weight is 668 g/mol. The summed E-state index contributed by atoms with van der Waals surface area (Å²) < 4.78 is 18.4. The third-order valence-corrected chi connectivity index (χ3v) is 9.76. The second kappa shape index (κ2) is 16.2. The molecule has 3 fully saturated rings. The number of likely N-dealkylation sites (tertiary alicyclic amines) is 1. The van der Waals surface area contributed by atoms with Crippen molar-refractivity contribution < 1.29 is 38.5 Å². The van der Waals surface area contributed by atoms with Gasteiger partial charge in [-0.05, 0) is 64.9 Å². The molecule has 3 heterocycles. The Bertz CT molecular complexity index is 1310. The molecular formula is C37H53N3O8. The molecule has 3 aliphatic rings. The molecule has 0 aromatic heterocycles. The van der Waals surface area contributed by atoms with Crippen LogP contribution in [0.5, 0.6) is 0 Å². The molecule has 1 aromatic rings. The molecule has 4 rings (SSSR count). The molecule has 0 unspecified atom stereocenters. The normalized spacial score (nSPS) is 25.7. The summed E-state index contributed by atoms with van der Waals surface area (Å²) in [6.07, 6.45) is 5.35. The molecule has 1 spiro atoms. The van der Waals surface area contributed by atoms with Gasteiger partial charge in [0.15, 0.2) is 0 Å².